The third-order valence-corrected chi connectivity index (χ3v) is 6.91. The van der Waals surface area contributed by atoms with Gasteiger partial charge in [-0.1, -0.05) is 36.4 Å². The zero-order valence-electron chi connectivity index (χ0n) is 17.3. The molecule has 4 heterocycles. The first kappa shape index (κ1) is 19.7. The molecule has 0 unspecified atom stereocenters. The highest BCUT2D eigenvalue weighted by Crippen LogP contribution is 2.29. The second kappa shape index (κ2) is 8.16. The lowest BCUT2D eigenvalue weighted by atomic mass is 10.1. The molecule has 0 aliphatic rings. The number of thiazole rings is 1. The van der Waals surface area contributed by atoms with Crippen LogP contribution in [0.3, 0.4) is 0 Å². The molecular weight excluding hydrogens is 450 g/mol. The third kappa shape index (κ3) is 3.75. The van der Waals surface area contributed by atoms with E-state index in [0.717, 1.165) is 32.5 Å². The fraction of sp³-hybridized carbons (Fsp3) is 0. The molecule has 6 aromatic rings. The fourth-order valence-corrected chi connectivity index (χ4v) is 5.06. The first-order valence-electron chi connectivity index (χ1n) is 10.3. The summed E-state index contributed by atoms with van der Waals surface area (Å²) in [5, 5.41) is 11.7. The van der Waals surface area contributed by atoms with Gasteiger partial charge in [0.2, 0.25) is 0 Å². The van der Waals surface area contributed by atoms with E-state index in [0.29, 0.717) is 11.3 Å². The van der Waals surface area contributed by atoms with Crippen LogP contribution < -0.4 is 5.32 Å². The highest BCUT2D eigenvalue weighted by Gasteiger charge is 2.19. The number of amides is 1. The van der Waals surface area contributed by atoms with Crippen molar-refractivity contribution < 1.29 is 4.79 Å². The Kier molecular flexibility index (Phi) is 4.86. The van der Waals surface area contributed by atoms with Gasteiger partial charge in [-0.3, -0.25) is 9.20 Å². The maximum absolute atomic E-state index is 13.2. The molecule has 2 aromatic carbocycles. The maximum atomic E-state index is 13.2. The number of imidazole rings is 1. The van der Waals surface area contributed by atoms with Crippen LogP contribution in [0.15, 0.2) is 96.1 Å². The Bertz CT molecular complexity index is 1520. The number of fused-ring (bicyclic) bond motifs is 1. The van der Waals surface area contributed by atoms with Gasteiger partial charge < -0.3 is 5.32 Å². The topological polar surface area (TPSA) is 64.2 Å². The minimum Gasteiger partial charge on any atom is -0.322 e. The second-order valence-electron chi connectivity index (χ2n) is 7.40. The molecule has 6 nitrogen and oxygen atoms in total. The van der Waals surface area contributed by atoms with Crippen LogP contribution in [0.1, 0.15) is 10.4 Å². The van der Waals surface area contributed by atoms with Crippen molar-refractivity contribution in [3.05, 3.63) is 102 Å². The van der Waals surface area contributed by atoms with E-state index in [1.54, 1.807) is 33.6 Å². The fourth-order valence-electron chi connectivity index (χ4n) is 3.64. The van der Waals surface area contributed by atoms with Crippen molar-refractivity contribution in [2.24, 2.45) is 0 Å². The van der Waals surface area contributed by atoms with E-state index in [-0.39, 0.29) is 5.91 Å². The van der Waals surface area contributed by atoms with Gasteiger partial charge in [-0.05, 0) is 35.7 Å². The van der Waals surface area contributed by atoms with Gasteiger partial charge >= 0.3 is 0 Å². The van der Waals surface area contributed by atoms with Gasteiger partial charge in [0, 0.05) is 35.2 Å². The molecule has 160 valence electrons. The molecule has 1 amide bonds. The summed E-state index contributed by atoms with van der Waals surface area (Å²) >= 11 is 3.16. The zero-order valence-corrected chi connectivity index (χ0v) is 18.9. The molecule has 0 fully saturated rings. The molecule has 6 rings (SSSR count). The van der Waals surface area contributed by atoms with Crippen molar-refractivity contribution in [1.82, 2.24) is 19.2 Å². The summed E-state index contributed by atoms with van der Waals surface area (Å²) in [5.41, 5.74) is 4.72. The second-order valence-corrected chi connectivity index (χ2v) is 9.22. The molecule has 0 saturated carbocycles. The first-order valence-corrected chi connectivity index (χ1v) is 12.0. The number of hydrogen-bond acceptors (Lipinski definition) is 5. The number of nitrogens with zero attached hydrogens (tertiary/aromatic N) is 4. The van der Waals surface area contributed by atoms with Crippen LogP contribution >= 0.6 is 22.7 Å². The Balaban J connectivity index is 1.28. The van der Waals surface area contributed by atoms with Crippen molar-refractivity contribution in [1.29, 1.82) is 0 Å². The number of rotatable bonds is 5. The summed E-state index contributed by atoms with van der Waals surface area (Å²) in [7, 11) is 0. The quantitative estimate of drug-likeness (QED) is 0.327. The predicted octanol–water partition coefficient (Wildman–Crippen LogP) is 6.23. The number of nitrogens with one attached hydrogen (secondary N) is 1. The maximum Gasteiger partial charge on any atom is 0.259 e. The predicted molar refractivity (Wildman–Crippen MR) is 133 cm³/mol. The van der Waals surface area contributed by atoms with Gasteiger partial charge in [0.05, 0.1) is 21.8 Å². The van der Waals surface area contributed by atoms with E-state index in [4.69, 9.17) is 5.10 Å². The molecule has 0 saturated heterocycles. The average Bonchev–Trinajstić information content (AvgIpc) is 3.63. The summed E-state index contributed by atoms with van der Waals surface area (Å²) in [4.78, 5) is 19.8. The highest BCUT2D eigenvalue weighted by molar-refractivity contribution is 7.15. The van der Waals surface area contributed by atoms with E-state index < -0.39 is 0 Å². The van der Waals surface area contributed by atoms with Crippen molar-refractivity contribution in [2.75, 3.05) is 5.32 Å². The van der Waals surface area contributed by atoms with Crippen molar-refractivity contribution in [2.45, 2.75) is 0 Å². The van der Waals surface area contributed by atoms with Gasteiger partial charge in [-0.25, -0.2) is 9.67 Å². The molecular formula is C25H17N5OS2. The van der Waals surface area contributed by atoms with E-state index in [1.165, 1.54) is 0 Å². The van der Waals surface area contributed by atoms with Crippen LogP contribution in [0, 0.1) is 0 Å². The number of thiophene rings is 1. The summed E-state index contributed by atoms with van der Waals surface area (Å²) in [6.45, 7) is 0. The minimum absolute atomic E-state index is 0.198. The van der Waals surface area contributed by atoms with Crippen molar-refractivity contribution >= 4 is 39.2 Å². The van der Waals surface area contributed by atoms with E-state index in [2.05, 4.69) is 10.3 Å². The first-order chi connectivity index (χ1) is 16.2. The molecule has 0 aliphatic carbocycles. The van der Waals surface area contributed by atoms with Crippen LogP contribution in [0.4, 0.5) is 5.69 Å². The molecule has 0 atom stereocenters. The SMILES string of the molecule is O=C(Nc1ccc(-c2cn3ccsc3n2)cc1)c1cn(-c2ccccc2)nc1-c1cccs1. The molecule has 0 aliphatic heterocycles. The van der Waals surface area contributed by atoms with Gasteiger partial charge in [-0.15, -0.1) is 22.7 Å². The monoisotopic (exact) mass is 467 g/mol. The lowest BCUT2D eigenvalue weighted by Gasteiger charge is -2.06. The highest BCUT2D eigenvalue weighted by atomic mass is 32.1. The lowest BCUT2D eigenvalue weighted by Crippen LogP contribution is -2.12. The normalized spacial score (nSPS) is 11.2. The van der Waals surface area contributed by atoms with E-state index in [1.807, 2.05) is 94.3 Å². The van der Waals surface area contributed by atoms with Crippen molar-refractivity contribution in [3.8, 4) is 27.5 Å². The van der Waals surface area contributed by atoms with Crippen molar-refractivity contribution in [3.63, 3.8) is 0 Å². The average molecular weight is 468 g/mol. The number of hydrogen-bond donors (Lipinski definition) is 1. The standard InChI is InChI=1S/C25H17N5OS2/c31-24(26-18-10-8-17(9-11-18)21-16-29-12-14-33-25(29)27-21)20-15-30(19-5-2-1-3-6-19)28-23(20)22-7-4-13-32-22/h1-16H,(H,26,31). The number of carbonyl (C=O) groups excluding carboxylic acids is 1. The Morgan fingerprint density at radius 3 is 2.48 bits per heavy atom. The van der Waals surface area contributed by atoms with Gasteiger partial charge in [0.15, 0.2) is 4.96 Å². The zero-order chi connectivity index (χ0) is 22.2. The largest absolute Gasteiger partial charge is 0.322 e. The summed E-state index contributed by atoms with van der Waals surface area (Å²) in [6.07, 6.45) is 5.78. The minimum atomic E-state index is -0.198. The van der Waals surface area contributed by atoms with Crippen LogP contribution in [0.25, 0.3) is 32.5 Å². The molecule has 0 radical (unpaired) electrons. The number of carbonyl (C=O) groups is 1. The van der Waals surface area contributed by atoms with Crippen LogP contribution in [0.2, 0.25) is 0 Å². The number of aromatic nitrogens is 4. The van der Waals surface area contributed by atoms with Gasteiger partial charge in [-0.2, -0.15) is 5.10 Å². The van der Waals surface area contributed by atoms with E-state index in [9.17, 15) is 4.79 Å². The summed E-state index contributed by atoms with van der Waals surface area (Å²) < 4.78 is 3.75. The molecule has 4 aromatic heterocycles. The summed E-state index contributed by atoms with van der Waals surface area (Å²) in [5.74, 6) is -0.198. The molecule has 33 heavy (non-hydrogen) atoms. The lowest BCUT2D eigenvalue weighted by molar-refractivity contribution is 0.102. The Labute approximate surface area is 197 Å². The van der Waals surface area contributed by atoms with Crippen LogP contribution in [-0.2, 0) is 0 Å². The Morgan fingerprint density at radius 2 is 1.73 bits per heavy atom. The number of anilines is 1. The van der Waals surface area contributed by atoms with Gasteiger partial charge in [0.25, 0.3) is 5.91 Å². The third-order valence-electron chi connectivity index (χ3n) is 5.27. The van der Waals surface area contributed by atoms with Crippen LogP contribution in [-0.4, -0.2) is 25.1 Å². The molecule has 0 bridgehead atoms. The van der Waals surface area contributed by atoms with Crippen LogP contribution in [0.5, 0.6) is 0 Å². The number of benzene rings is 2. The molecule has 8 heteroatoms. The smallest absolute Gasteiger partial charge is 0.259 e. The van der Waals surface area contributed by atoms with Gasteiger partial charge in [0.1, 0.15) is 5.69 Å². The van der Waals surface area contributed by atoms with E-state index >= 15 is 0 Å². The summed E-state index contributed by atoms with van der Waals surface area (Å²) in [6, 6.07) is 21.4. The molecule has 1 N–H and O–H groups in total. The number of para-hydroxylation sites is 1. The Morgan fingerprint density at radius 1 is 0.879 bits per heavy atom. The molecule has 0 spiro atoms. The Hall–Kier alpha value is -4.01.